The molecule has 0 aliphatic carbocycles. The van der Waals surface area contributed by atoms with Crippen molar-refractivity contribution < 1.29 is 9.53 Å². The van der Waals surface area contributed by atoms with E-state index in [0.29, 0.717) is 18.1 Å². The molecule has 1 aromatic heterocycles. The molecule has 6 heteroatoms. The lowest BCUT2D eigenvalue weighted by Gasteiger charge is -2.32. The number of likely N-dealkylation sites (tertiary alicyclic amines) is 1. The van der Waals surface area contributed by atoms with Gasteiger partial charge in [-0.3, -0.25) is 9.36 Å². The van der Waals surface area contributed by atoms with E-state index in [1.54, 1.807) is 12.7 Å². The van der Waals surface area contributed by atoms with Crippen molar-refractivity contribution >= 4 is 5.91 Å². The Morgan fingerprint density at radius 2 is 1.79 bits per heavy atom. The summed E-state index contributed by atoms with van der Waals surface area (Å²) in [5.74, 6) is 1.32. The molecule has 0 radical (unpaired) electrons. The van der Waals surface area contributed by atoms with E-state index in [1.165, 1.54) is 5.56 Å². The number of hydrogen-bond acceptors (Lipinski definition) is 4. The number of piperidine rings is 1. The quantitative estimate of drug-likeness (QED) is 0.684. The molecule has 1 aliphatic rings. The summed E-state index contributed by atoms with van der Waals surface area (Å²) in [5, 5.41) is 7.61. The maximum absolute atomic E-state index is 12.9. The number of aromatic nitrogens is 3. The molecule has 0 spiro atoms. The molecule has 1 saturated heterocycles. The topological polar surface area (TPSA) is 60.2 Å². The highest BCUT2D eigenvalue weighted by Crippen LogP contribution is 2.21. The van der Waals surface area contributed by atoms with E-state index in [0.717, 1.165) is 37.4 Å². The van der Waals surface area contributed by atoms with Gasteiger partial charge in [0.25, 0.3) is 5.91 Å². The fourth-order valence-electron chi connectivity index (χ4n) is 3.53. The van der Waals surface area contributed by atoms with E-state index in [2.05, 4.69) is 29.3 Å². The number of nitrogens with zero attached hydrogens (tertiary/aromatic N) is 4. The summed E-state index contributed by atoms with van der Waals surface area (Å²) in [4.78, 5) is 14.9. The molecule has 144 valence electrons. The molecule has 0 N–H and O–H groups in total. The van der Waals surface area contributed by atoms with Gasteiger partial charge in [0.15, 0.2) is 0 Å². The Bertz CT molecular complexity index is 905. The minimum absolute atomic E-state index is 0.0790. The molecular formula is C22H24N4O2. The van der Waals surface area contributed by atoms with Gasteiger partial charge in [0.1, 0.15) is 18.4 Å². The number of amides is 1. The molecular weight excluding hydrogens is 352 g/mol. The Hall–Kier alpha value is -3.15. The van der Waals surface area contributed by atoms with Crippen LogP contribution in [0.3, 0.4) is 0 Å². The van der Waals surface area contributed by atoms with Crippen LogP contribution in [0.25, 0.3) is 5.69 Å². The van der Waals surface area contributed by atoms with E-state index >= 15 is 0 Å². The lowest BCUT2D eigenvalue weighted by atomic mass is 9.98. The zero-order chi connectivity index (χ0) is 19.3. The normalized spacial score (nSPS) is 16.8. The molecule has 6 nitrogen and oxygen atoms in total. The second-order valence-electron chi connectivity index (χ2n) is 7.30. The number of aryl methyl sites for hydroxylation is 1. The van der Waals surface area contributed by atoms with Gasteiger partial charge in [-0.15, -0.1) is 10.2 Å². The Balaban J connectivity index is 1.35. The summed E-state index contributed by atoms with van der Waals surface area (Å²) in [5.41, 5.74) is 2.86. The van der Waals surface area contributed by atoms with Gasteiger partial charge >= 0.3 is 0 Å². The summed E-state index contributed by atoms with van der Waals surface area (Å²) in [6.45, 7) is 4.23. The molecule has 0 bridgehead atoms. The van der Waals surface area contributed by atoms with Crippen molar-refractivity contribution in [2.45, 2.75) is 19.8 Å². The molecule has 1 fully saturated rings. The van der Waals surface area contributed by atoms with Crippen LogP contribution in [0.15, 0.2) is 61.2 Å². The van der Waals surface area contributed by atoms with Gasteiger partial charge in [0.2, 0.25) is 0 Å². The van der Waals surface area contributed by atoms with Crippen LogP contribution in [0, 0.1) is 12.8 Å². The van der Waals surface area contributed by atoms with Crippen molar-refractivity contribution in [3.8, 4) is 11.4 Å². The largest absolute Gasteiger partial charge is 0.493 e. The fourth-order valence-corrected chi connectivity index (χ4v) is 3.53. The van der Waals surface area contributed by atoms with Crippen LogP contribution < -0.4 is 4.74 Å². The molecule has 1 unspecified atom stereocenters. The molecule has 1 amide bonds. The first kappa shape index (κ1) is 18.2. The molecule has 4 rings (SSSR count). The second kappa shape index (κ2) is 8.25. The summed E-state index contributed by atoms with van der Waals surface area (Å²) in [6, 6.07) is 15.7. The maximum Gasteiger partial charge on any atom is 0.253 e. The van der Waals surface area contributed by atoms with Gasteiger partial charge in [0.05, 0.1) is 6.61 Å². The average molecular weight is 376 g/mol. The van der Waals surface area contributed by atoms with Crippen molar-refractivity contribution in [3.63, 3.8) is 0 Å². The van der Waals surface area contributed by atoms with Gasteiger partial charge in [0, 0.05) is 30.3 Å². The Kier molecular flexibility index (Phi) is 5.37. The zero-order valence-corrected chi connectivity index (χ0v) is 16.0. The molecule has 1 atom stereocenters. The first-order valence-electron chi connectivity index (χ1n) is 9.63. The first-order valence-corrected chi connectivity index (χ1v) is 9.63. The monoisotopic (exact) mass is 376 g/mol. The molecule has 28 heavy (non-hydrogen) atoms. The van der Waals surface area contributed by atoms with Crippen LogP contribution in [-0.4, -0.2) is 45.3 Å². The highest BCUT2D eigenvalue weighted by Gasteiger charge is 2.25. The van der Waals surface area contributed by atoms with Crippen LogP contribution in [0.2, 0.25) is 0 Å². The van der Waals surface area contributed by atoms with Crippen LogP contribution in [0.1, 0.15) is 28.8 Å². The van der Waals surface area contributed by atoms with Gasteiger partial charge in [-0.2, -0.15) is 0 Å². The summed E-state index contributed by atoms with van der Waals surface area (Å²) in [6.07, 6.45) is 5.37. The predicted octanol–water partition coefficient (Wildman–Crippen LogP) is 3.51. The lowest BCUT2D eigenvalue weighted by molar-refractivity contribution is 0.0633. The second-order valence-corrected chi connectivity index (χ2v) is 7.30. The van der Waals surface area contributed by atoms with Crippen molar-refractivity contribution in [2.24, 2.45) is 5.92 Å². The van der Waals surface area contributed by atoms with Crippen molar-refractivity contribution in [1.82, 2.24) is 19.7 Å². The van der Waals surface area contributed by atoms with Crippen molar-refractivity contribution in [2.75, 3.05) is 19.7 Å². The van der Waals surface area contributed by atoms with Crippen LogP contribution in [0.5, 0.6) is 5.75 Å². The van der Waals surface area contributed by atoms with Gasteiger partial charge in [-0.25, -0.2) is 0 Å². The molecule has 0 saturated carbocycles. The van der Waals surface area contributed by atoms with E-state index in [4.69, 9.17) is 4.74 Å². The SMILES string of the molecule is Cc1ccc(OCC2CCCN(C(=O)c3ccc(-n4cnnc4)cc3)C2)cc1. The van der Waals surface area contributed by atoms with Gasteiger partial charge in [-0.1, -0.05) is 17.7 Å². The van der Waals surface area contributed by atoms with E-state index in [-0.39, 0.29) is 5.91 Å². The van der Waals surface area contributed by atoms with Crippen molar-refractivity contribution in [3.05, 3.63) is 72.3 Å². The minimum atomic E-state index is 0.0790. The molecule has 2 heterocycles. The predicted molar refractivity (Wildman–Crippen MR) is 107 cm³/mol. The number of carbonyl (C=O) groups excluding carboxylic acids is 1. The summed E-state index contributed by atoms with van der Waals surface area (Å²) in [7, 11) is 0. The third-order valence-electron chi connectivity index (χ3n) is 5.14. The van der Waals surface area contributed by atoms with Crippen LogP contribution in [0.4, 0.5) is 0 Å². The van der Waals surface area contributed by atoms with E-state index in [1.807, 2.05) is 45.9 Å². The Morgan fingerprint density at radius 1 is 1.07 bits per heavy atom. The smallest absolute Gasteiger partial charge is 0.253 e. The van der Waals surface area contributed by atoms with Gasteiger partial charge < -0.3 is 9.64 Å². The number of hydrogen-bond donors (Lipinski definition) is 0. The number of benzene rings is 2. The molecule has 2 aromatic carbocycles. The Morgan fingerprint density at radius 3 is 2.50 bits per heavy atom. The fraction of sp³-hybridized carbons (Fsp3) is 0.318. The lowest BCUT2D eigenvalue weighted by Crippen LogP contribution is -2.41. The highest BCUT2D eigenvalue weighted by molar-refractivity contribution is 5.94. The van der Waals surface area contributed by atoms with Crippen LogP contribution >= 0.6 is 0 Å². The van der Waals surface area contributed by atoms with E-state index < -0.39 is 0 Å². The number of rotatable bonds is 5. The number of ether oxygens (including phenoxy) is 1. The third-order valence-corrected chi connectivity index (χ3v) is 5.14. The molecule has 3 aromatic rings. The highest BCUT2D eigenvalue weighted by atomic mass is 16.5. The first-order chi connectivity index (χ1) is 13.7. The number of carbonyl (C=O) groups is 1. The Labute approximate surface area is 164 Å². The standard InChI is InChI=1S/C22H24N4O2/c1-17-4-10-21(11-5-17)28-14-18-3-2-12-25(13-18)22(27)19-6-8-20(9-7-19)26-15-23-24-16-26/h4-11,15-16,18H,2-3,12-14H2,1H3. The average Bonchev–Trinajstić information content (AvgIpc) is 3.28. The minimum Gasteiger partial charge on any atom is -0.493 e. The van der Waals surface area contributed by atoms with Gasteiger partial charge in [-0.05, 0) is 56.2 Å². The summed E-state index contributed by atoms with van der Waals surface area (Å²) >= 11 is 0. The maximum atomic E-state index is 12.9. The molecule has 1 aliphatic heterocycles. The third kappa shape index (κ3) is 4.22. The van der Waals surface area contributed by atoms with E-state index in [9.17, 15) is 4.79 Å². The van der Waals surface area contributed by atoms with Crippen LogP contribution in [-0.2, 0) is 0 Å². The summed E-state index contributed by atoms with van der Waals surface area (Å²) < 4.78 is 7.75. The zero-order valence-electron chi connectivity index (χ0n) is 16.0. The van der Waals surface area contributed by atoms with Crippen molar-refractivity contribution in [1.29, 1.82) is 0 Å².